The third-order valence-electron chi connectivity index (χ3n) is 4.99. The van der Waals surface area contributed by atoms with Crippen LogP contribution in [0.15, 0.2) is 40.3 Å². The smallest absolute Gasteiger partial charge is 0.148 e. The van der Waals surface area contributed by atoms with Gasteiger partial charge in [0, 0.05) is 24.5 Å². The lowest BCUT2D eigenvalue weighted by Gasteiger charge is -2.25. The van der Waals surface area contributed by atoms with Gasteiger partial charge in [-0.15, -0.1) is 0 Å². The van der Waals surface area contributed by atoms with Crippen LogP contribution in [0.2, 0.25) is 0 Å². The van der Waals surface area contributed by atoms with Gasteiger partial charge in [0.15, 0.2) is 0 Å². The highest BCUT2D eigenvalue weighted by atomic mass is 32.2. The van der Waals surface area contributed by atoms with Gasteiger partial charge in [-0.3, -0.25) is 0 Å². The predicted octanol–water partition coefficient (Wildman–Crippen LogP) is 3.65. The first-order chi connectivity index (χ1) is 13.3. The average Bonchev–Trinajstić information content (AvgIpc) is 3.55. The van der Waals surface area contributed by atoms with Crippen molar-refractivity contribution in [2.75, 3.05) is 31.1 Å². The normalized spacial score (nSPS) is 17.0. The number of hydrogen-bond donors (Lipinski definition) is 1. The number of pyridine rings is 1. The van der Waals surface area contributed by atoms with Crippen LogP contribution in [0.3, 0.4) is 0 Å². The highest BCUT2D eigenvalue weighted by Gasteiger charge is 2.34. The second-order valence-electron chi connectivity index (χ2n) is 6.91. The maximum Gasteiger partial charge on any atom is 0.148 e. The van der Waals surface area contributed by atoms with Gasteiger partial charge >= 0.3 is 0 Å². The number of rotatable bonds is 4. The van der Waals surface area contributed by atoms with Gasteiger partial charge in [-0.1, -0.05) is 30.0 Å². The minimum absolute atomic E-state index is 0.316. The fraction of sp³-hybridized carbons (Fsp3) is 0.381. The van der Waals surface area contributed by atoms with Gasteiger partial charge in [0.1, 0.15) is 23.0 Å². The average molecular weight is 376 g/mol. The first kappa shape index (κ1) is 17.9. The molecule has 0 amide bonds. The number of benzene rings is 1. The first-order valence-electron chi connectivity index (χ1n) is 9.38. The van der Waals surface area contributed by atoms with Crippen LogP contribution in [0.4, 0.5) is 5.82 Å². The lowest BCUT2D eigenvalue weighted by molar-refractivity contribution is 0.724. The molecule has 2 aromatic rings. The number of aromatic nitrogens is 1. The molecule has 1 aliphatic heterocycles. The van der Waals surface area contributed by atoms with Crippen molar-refractivity contribution in [2.24, 2.45) is 0 Å². The van der Waals surface area contributed by atoms with E-state index in [4.69, 9.17) is 4.98 Å². The molecule has 1 aliphatic carbocycles. The lowest BCUT2D eigenvalue weighted by atomic mass is 9.99. The summed E-state index contributed by atoms with van der Waals surface area (Å²) in [5, 5.41) is 23.9. The molecule has 0 radical (unpaired) electrons. The van der Waals surface area contributed by atoms with Crippen molar-refractivity contribution in [3.63, 3.8) is 0 Å². The Balaban J connectivity index is 1.85. The highest BCUT2D eigenvalue weighted by molar-refractivity contribution is 7.99. The molecule has 2 heterocycles. The summed E-state index contributed by atoms with van der Waals surface area (Å²) in [4.78, 5) is 8.12. The van der Waals surface area contributed by atoms with Crippen molar-refractivity contribution in [2.45, 2.75) is 35.1 Å². The van der Waals surface area contributed by atoms with Crippen LogP contribution in [-0.4, -0.2) is 31.2 Å². The van der Waals surface area contributed by atoms with E-state index < -0.39 is 0 Å². The number of anilines is 1. The maximum atomic E-state index is 9.93. The van der Waals surface area contributed by atoms with Gasteiger partial charge in [0.25, 0.3) is 0 Å². The highest BCUT2D eigenvalue weighted by Crippen LogP contribution is 2.47. The number of hydrogen-bond acceptors (Lipinski definition) is 6. The number of nitrogens with one attached hydrogen (secondary N) is 1. The molecule has 6 heteroatoms. The van der Waals surface area contributed by atoms with E-state index in [2.05, 4.69) is 22.4 Å². The van der Waals surface area contributed by atoms with Crippen molar-refractivity contribution < 1.29 is 0 Å². The Hall–Kier alpha value is -2.54. The molecule has 4 rings (SSSR count). The third-order valence-corrected chi connectivity index (χ3v) is 5.99. The second-order valence-corrected chi connectivity index (χ2v) is 7.97. The molecule has 1 saturated carbocycles. The Morgan fingerprint density at radius 2 is 1.81 bits per heavy atom. The number of nitrogens with zero attached hydrogens (tertiary/aromatic N) is 4. The largest absolute Gasteiger partial charge is 0.354 e. The summed E-state index contributed by atoms with van der Waals surface area (Å²) in [6.07, 6.45) is 3.11. The molecule has 2 fully saturated rings. The van der Waals surface area contributed by atoms with E-state index >= 15 is 0 Å². The summed E-state index contributed by atoms with van der Waals surface area (Å²) in [5.74, 6) is 1.07. The van der Waals surface area contributed by atoms with Gasteiger partial charge in [-0.25, -0.2) is 4.98 Å². The van der Waals surface area contributed by atoms with Crippen molar-refractivity contribution >= 4 is 17.6 Å². The SMILES string of the molecule is N#Cc1c(Sc2ccccc2)nc(N2CCCNCC2)c(C#N)c1C1CC1. The molecule has 27 heavy (non-hydrogen) atoms. The van der Waals surface area contributed by atoms with E-state index in [1.165, 1.54) is 11.8 Å². The van der Waals surface area contributed by atoms with Crippen LogP contribution in [0.25, 0.3) is 0 Å². The second kappa shape index (κ2) is 8.00. The van der Waals surface area contributed by atoms with E-state index in [1.54, 1.807) is 0 Å². The zero-order valence-electron chi connectivity index (χ0n) is 15.1. The first-order valence-corrected chi connectivity index (χ1v) is 10.2. The zero-order chi connectivity index (χ0) is 18.6. The Labute approximate surface area is 164 Å². The minimum Gasteiger partial charge on any atom is -0.354 e. The molecule has 5 nitrogen and oxygen atoms in total. The monoisotopic (exact) mass is 375 g/mol. The van der Waals surface area contributed by atoms with Gasteiger partial charge in [0.05, 0.1) is 11.1 Å². The third kappa shape index (κ3) is 3.78. The molecule has 0 atom stereocenters. The molecule has 2 aliphatic rings. The maximum absolute atomic E-state index is 9.93. The van der Waals surface area contributed by atoms with Crippen molar-refractivity contribution in [1.29, 1.82) is 10.5 Å². The fourth-order valence-corrected chi connectivity index (χ4v) is 4.43. The lowest BCUT2D eigenvalue weighted by Crippen LogP contribution is -2.30. The molecule has 0 bridgehead atoms. The van der Waals surface area contributed by atoms with Crippen molar-refractivity contribution in [3.8, 4) is 12.1 Å². The molecule has 1 N–H and O–H groups in total. The summed E-state index contributed by atoms with van der Waals surface area (Å²) in [6.45, 7) is 3.56. The number of nitriles is 2. The molecular formula is C21H21N5S. The predicted molar refractivity (Wildman–Crippen MR) is 106 cm³/mol. The molecule has 1 aromatic heterocycles. The summed E-state index contributed by atoms with van der Waals surface area (Å²) in [6, 6.07) is 14.7. The van der Waals surface area contributed by atoms with E-state index in [9.17, 15) is 10.5 Å². The fourth-order valence-electron chi connectivity index (χ4n) is 3.53. The van der Waals surface area contributed by atoms with Crippen LogP contribution in [0.1, 0.15) is 41.9 Å². The van der Waals surface area contributed by atoms with Crippen LogP contribution in [0, 0.1) is 22.7 Å². The van der Waals surface area contributed by atoms with Crippen LogP contribution in [-0.2, 0) is 0 Å². The van der Waals surface area contributed by atoms with Crippen LogP contribution in [0.5, 0.6) is 0 Å². The summed E-state index contributed by atoms with van der Waals surface area (Å²) in [7, 11) is 0. The Morgan fingerprint density at radius 1 is 1.04 bits per heavy atom. The van der Waals surface area contributed by atoms with Gasteiger partial charge < -0.3 is 10.2 Å². The summed E-state index contributed by atoms with van der Waals surface area (Å²) in [5.41, 5.74) is 2.11. The van der Waals surface area contributed by atoms with E-state index in [0.29, 0.717) is 17.0 Å². The molecular weight excluding hydrogens is 354 g/mol. The van der Waals surface area contributed by atoms with Crippen LogP contribution < -0.4 is 10.2 Å². The summed E-state index contributed by atoms with van der Waals surface area (Å²) < 4.78 is 0. The molecule has 1 saturated heterocycles. The Morgan fingerprint density at radius 3 is 2.52 bits per heavy atom. The van der Waals surface area contributed by atoms with Gasteiger partial charge in [0.2, 0.25) is 0 Å². The summed E-state index contributed by atoms with van der Waals surface area (Å²) >= 11 is 1.52. The Kier molecular flexibility index (Phi) is 5.29. The molecule has 0 unspecified atom stereocenters. The van der Waals surface area contributed by atoms with Crippen LogP contribution >= 0.6 is 11.8 Å². The van der Waals surface area contributed by atoms with Gasteiger partial charge in [-0.2, -0.15) is 10.5 Å². The van der Waals surface area contributed by atoms with Crippen molar-refractivity contribution in [1.82, 2.24) is 10.3 Å². The quantitative estimate of drug-likeness (QED) is 0.879. The molecule has 136 valence electrons. The minimum atomic E-state index is 0.316. The topological polar surface area (TPSA) is 75.7 Å². The zero-order valence-corrected chi connectivity index (χ0v) is 15.9. The standard InChI is InChI=1S/C21H21N5S/c22-13-17-19(15-7-8-15)18(14-23)21(27-16-5-2-1-3-6-16)25-20(17)26-11-4-9-24-10-12-26/h1-3,5-6,15,24H,4,7-12H2. The molecule has 0 spiro atoms. The van der Waals surface area contributed by atoms with E-state index in [0.717, 1.165) is 66.7 Å². The van der Waals surface area contributed by atoms with Gasteiger partial charge in [-0.05, 0) is 49.4 Å². The Bertz CT molecular complexity index is 901. The van der Waals surface area contributed by atoms with Crippen molar-refractivity contribution in [3.05, 3.63) is 47.0 Å². The van der Waals surface area contributed by atoms with E-state index in [-0.39, 0.29) is 0 Å². The molecule has 1 aromatic carbocycles. The van der Waals surface area contributed by atoms with E-state index in [1.807, 2.05) is 30.3 Å².